The molecule has 2 rings (SSSR count). The van der Waals surface area contributed by atoms with Crippen molar-refractivity contribution in [1.82, 2.24) is 4.31 Å². The minimum absolute atomic E-state index is 0.0949. The molecule has 3 N–H and O–H groups in total. The fourth-order valence-electron chi connectivity index (χ4n) is 2.64. The molecule has 0 fully saturated rings. The molecule has 0 heterocycles. The number of ether oxygens (including phenoxy) is 1. The second kappa shape index (κ2) is 8.88. The van der Waals surface area contributed by atoms with E-state index in [2.05, 4.69) is 5.32 Å². The zero-order valence-electron chi connectivity index (χ0n) is 15.7. The number of carbonyl (C=O) groups is 1. The van der Waals surface area contributed by atoms with E-state index in [1.807, 2.05) is 6.92 Å². The highest BCUT2D eigenvalue weighted by Crippen LogP contribution is 2.30. The van der Waals surface area contributed by atoms with Crippen LogP contribution in [-0.4, -0.2) is 38.3 Å². The molecule has 2 aromatic carbocycles. The molecule has 2 aromatic rings. The van der Waals surface area contributed by atoms with Gasteiger partial charge in [-0.3, -0.25) is 4.79 Å². The number of anilines is 2. The summed E-state index contributed by atoms with van der Waals surface area (Å²) in [6.07, 6.45) is 0. The van der Waals surface area contributed by atoms with Crippen LogP contribution in [0.25, 0.3) is 0 Å². The van der Waals surface area contributed by atoms with Crippen LogP contribution in [0.4, 0.5) is 11.4 Å². The van der Waals surface area contributed by atoms with Crippen molar-refractivity contribution >= 4 is 27.3 Å². The van der Waals surface area contributed by atoms with E-state index in [4.69, 9.17) is 10.5 Å². The highest BCUT2D eigenvalue weighted by Gasteiger charge is 2.23. The quantitative estimate of drug-likeness (QED) is 0.674. The smallest absolute Gasteiger partial charge is 0.255 e. The van der Waals surface area contributed by atoms with Crippen LogP contribution in [0.5, 0.6) is 5.75 Å². The molecule has 0 saturated heterocycles. The molecule has 0 aliphatic rings. The van der Waals surface area contributed by atoms with Gasteiger partial charge in [-0.2, -0.15) is 4.31 Å². The largest absolute Gasteiger partial charge is 0.492 e. The number of hydrogen-bond acceptors (Lipinski definition) is 5. The van der Waals surface area contributed by atoms with Crippen molar-refractivity contribution in [2.45, 2.75) is 25.7 Å². The van der Waals surface area contributed by atoms with E-state index in [0.29, 0.717) is 36.7 Å². The summed E-state index contributed by atoms with van der Waals surface area (Å²) in [6, 6.07) is 11.0. The van der Waals surface area contributed by atoms with Gasteiger partial charge >= 0.3 is 0 Å². The summed E-state index contributed by atoms with van der Waals surface area (Å²) in [5.74, 6) is -0.00566. The predicted molar refractivity (Wildman–Crippen MR) is 107 cm³/mol. The Hall–Kier alpha value is -2.58. The molecule has 0 radical (unpaired) electrons. The zero-order valence-corrected chi connectivity index (χ0v) is 16.5. The predicted octanol–water partition coefficient (Wildman–Crippen LogP) is 2.95. The first kappa shape index (κ1) is 20.7. The van der Waals surface area contributed by atoms with Crippen LogP contribution in [0.1, 0.15) is 31.1 Å². The molecule has 0 aliphatic carbocycles. The second-order valence-corrected chi connectivity index (χ2v) is 7.70. The summed E-state index contributed by atoms with van der Waals surface area (Å²) in [7, 11) is -3.66. The normalized spacial score (nSPS) is 11.4. The number of benzene rings is 2. The molecule has 27 heavy (non-hydrogen) atoms. The van der Waals surface area contributed by atoms with Gasteiger partial charge < -0.3 is 15.8 Å². The number of rotatable bonds is 8. The Labute approximate surface area is 160 Å². The summed E-state index contributed by atoms with van der Waals surface area (Å²) < 4.78 is 32.4. The Kier molecular flexibility index (Phi) is 6.81. The average molecular weight is 391 g/mol. The number of nitrogens with two attached hydrogens (primary N) is 1. The molecule has 0 unspecified atom stereocenters. The third kappa shape index (κ3) is 4.78. The Morgan fingerprint density at radius 1 is 1.11 bits per heavy atom. The van der Waals surface area contributed by atoms with Crippen molar-refractivity contribution in [2.24, 2.45) is 0 Å². The fourth-order valence-corrected chi connectivity index (χ4v) is 4.12. The van der Waals surface area contributed by atoms with Crippen molar-refractivity contribution in [3.63, 3.8) is 0 Å². The number of nitrogen functional groups attached to an aromatic ring is 1. The third-order valence-corrected chi connectivity index (χ3v) is 6.04. The van der Waals surface area contributed by atoms with Gasteiger partial charge in [0.05, 0.1) is 17.2 Å². The van der Waals surface area contributed by atoms with Crippen LogP contribution in [0.2, 0.25) is 0 Å². The van der Waals surface area contributed by atoms with Crippen molar-refractivity contribution in [3.8, 4) is 5.75 Å². The highest BCUT2D eigenvalue weighted by atomic mass is 32.2. The van der Waals surface area contributed by atoms with Crippen molar-refractivity contribution in [3.05, 3.63) is 48.0 Å². The lowest BCUT2D eigenvalue weighted by Crippen LogP contribution is -2.30. The van der Waals surface area contributed by atoms with E-state index in [1.54, 1.807) is 44.2 Å². The van der Waals surface area contributed by atoms with Crippen LogP contribution >= 0.6 is 0 Å². The van der Waals surface area contributed by atoms with Gasteiger partial charge in [-0.25, -0.2) is 8.42 Å². The number of amides is 1. The number of carbonyl (C=O) groups excluding carboxylic acids is 1. The van der Waals surface area contributed by atoms with E-state index < -0.39 is 15.9 Å². The van der Waals surface area contributed by atoms with Gasteiger partial charge in [-0.05, 0) is 43.3 Å². The summed E-state index contributed by atoms with van der Waals surface area (Å²) in [6.45, 7) is 6.46. The van der Waals surface area contributed by atoms with Crippen molar-refractivity contribution in [1.29, 1.82) is 0 Å². The molecular weight excluding hydrogens is 366 g/mol. The van der Waals surface area contributed by atoms with E-state index in [9.17, 15) is 13.2 Å². The lowest BCUT2D eigenvalue weighted by Gasteiger charge is -2.20. The van der Waals surface area contributed by atoms with E-state index in [1.165, 1.54) is 16.4 Å². The van der Waals surface area contributed by atoms with E-state index in [0.717, 1.165) is 0 Å². The number of nitrogens with one attached hydrogen (secondary N) is 1. The molecular formula is C19H25N3O4S. The lowest BCUT2D eigenvalue weighted by molar-refractivity contribution is 0.102. The van der Waals surface area contributed by atoms with Gasteiger partial charge in [0.1, 0.15) is 5.75 Å². The molecule has 0 saturated carbocycles. The Morgan fingerprint density at radius 2 is 1.81 bits per heavy atom. The van der Waals surface area contributed by atoms with E-state index in [-0.39, 0.29) is 10.6 Å². The maximum Gasteiger partial charge on any atom is 0.255 e. The van der Waals surface area contributed by atoms with Gasteiger partial charge in [0, 0.05) is 24.3 Å². The number of sulfonamides is 1. The van der Waals surface area contributed by atoms with Crippen molar-refractivity contribution < 1.29 is 17.9 Å². The average Bonchev–Trinajstić information content (AvgIpc) is 2.64. The second-order valence-electron chi connectivity index (χ2n) is 5.76. The topological polar surface area (TPSA) is 102 Å². The molecule has 146 valence electrons. The summed E-state index contributed by atoms with van der Waals surface area (Å²) in [5.41, 5.74) is 6.85. The van der Waals surface area contributed by atoms with Gasteiger partial charge in [0.25, 0.3) is 5.91 Å². The Balaban J connectivity index is 2.42. The SMILES string of the molecule is CCOc1ccc(S(=O)(=O)N(CC)CC)cc1NC(=O)c1cccc(N)c1. The summed E-state index contributed by atoms with van der Waals surface area (Å²) in [4.78, 5) is 12.6. The molecule has 7 nitrogen and oxygen atoms in total. The van der Waals surface area contributed by atoms with Crippen LogP contribution < -0.4 is 15.8 Å². The fraction of sp³-hybridized carbons (Fsp3) is 0.316. The Bertz CT molecular complexity index is 909. The Morgan fingerprint density at radius 3 is 2.41 bits per heavy atom. The maximum atomic E-state index is 12.8. The number of hydrogen-bond donors (Lipinski definition) is 2. The van der Waals surface area contributed by atoms with Gasteiger partial charge in [-0.1, -0.05) is 19.9 Å². The van der Waals surface area contributed by atoms with Crippen LogP contribution in [0.15, 0.2) is 47.4 Å². The highest BCUT2D eigenvalue weighted by molar-refractivity contribution is 7.89. The molecule has 0 atom stereocenters. The molecule has 1 amide bonds. The van der Waals surface area contributed by atoms with Crippen molar-refractivity contribution in [2.75, 3.05) is 30.7 Å². The summed E-state index contributed by atoms with van der Waals surface area (Å²) in [5, 5.41) is 2.72. The van der Waals surface area contributed by atoms with Crippen LogP contribution in [-0.2, 0) is 10.0 Å². The first-order valence-corrected chi connectivity index (χ1v) is 10.2. The monoisotopic (exact) mass is 391 g/mol. The first-order valence-electron chi connectivity index (χ1n) is 8.77. The standard InChI is InChI=1S/C19H25N3O4S/c1-4-22(5-2)27(24,25)16-10-11-18(26-6-3)17(13-16)21-19(23)14-8-7-9-15(20)12-14/h7-13H,4-6,20H2,1-3H3,(H,21,23). The van der Waals surface area contributed by atoms with Crippen LogP contribution in [0, 0.1) is 0 Å². The van der Waals surface area contributed by atoms with E-state index >= 15 is 0 Å². The van der Waals surface area contributed by atoms with Gasteiger partial charge in [0.15, 0.2) is 0 Å². The zero-order chi connectivity index (χ0) is 20.0. The third-order valence-electron chi connectivity index (χ3n) is 3.99. The van der Waals surface area contributed by atoms with Gasteiger partial charge in [0.2, 0.25) is 10.0 Å². The molecule has 0 aromatic heterocycles. The molecule has 0 bridgehead atoms. The van der Waals surface area contributed by atoms with Crippen LogP contribution in [0.3, 0.4) is 0 Å². The number of nitrogens with zero attached hydrogens (tertiary/aromatic N) is 1. The molecule has 0 aliphatic heterocycles. The summed E-state index contributed by atoms with van der Waals surface area (Å²) >= 11 is 0. The minimum atomic E-state index is -3.66. The van der Waals surface area contributed by atoms with Gasteiger partial charge in [-0.15, -0.1) is 0 Å². The lowest BCUT2D eigenvalue weighted by atomic mass is 10.2. The minimum Gasteiger partial charge on any atom is -0.492 e. The maximum absolute atomic E-state index is 12.8. The molecule has 0 spiro atoms. The molecule has 8 heteroatoms. The first-order chi connectivity index (χ1) is 12.8.